The maximum Gasteiger partial charge on any atom is 0.460 e. The maximum absolute atomic E-state index is 13.4. The van der Waals surface area contributed by atoms with Crippen LogP contribution in [0.4, 0.5) is 110 Å². The van der Waals surface area contributed by atoms with Crippen molar-refractivity contribution in [3.63, 3.8) is 0 Å². The van der Waals surface area contributed by atoms with Crippen LogP contribution in [0, 0.1) is 6.92 Å². The second-order valence-corrected chi connectivity index (χ2v) is 6.95. The SMILES string of the molecule is [CH2]C(F)(F)C(F)(F)C(F)(F)C(F)(F)C(F)(F)C(F)(F)C(F)(F)C(F)(F)C(F)(F)C(F)(F)C(F)(F)C(F)(F)F. The van der Waals surface area contributed by atoms with Gasteiger partial charge in [-0.15, -0.1) is 0 Å². The molecule has 0 rings (SSSR count). The highest BCUT2D eigenvalue weighted by molar-refractivity contribution is 5.19. The Morgan fingerprint density at radius 3 is 0.474 bits per heavy atom. The van der Waals surface area contributed by atoms with Crippen molar-refractivity contribution in [3.05, 3.63) is 6.92 Å². The fourth-order valence-electron chi connectivity index (χ4n) is 1.99. The minimum atomic E-state index is -9.57. The third-order valence-electron chi connectivity index (χ3n) is 4.36. The first-order valence-electron chi connectivity index (χ1n) is 7.83. The highest BCUT2D eigenvalue weighted by Gasteiger charge is 2.99. The second-order valence-electron chi connectivity index (χ2n) is 6.95. The molecule has 25 heteroatoms. The van der Waals surface area contributed by atoms with E-state index >= 15 is 0 Å². The standard InChI is InChI=1S/C13H2F25/c1-2(14,15)3(16,17)4(18,19)5(20,21)6(22,23)7(24,25)8(26,27)9(28,29)10(30,31)11(32,33)12(34,35)13(36,37)38/h1H2. The van der Waals surface area contributed by atoms with Gasteiger partial charge in [0.05, 0.1) is 0 Å². The molecule has 0 unspecified atom stereocenters. The van der Waals surface area contributed by atoms with Crippen LogP contribution in [0.15, 0.2) is 0 Å². The van der Waals surface area contributed by atoms with Crippen LogP contribution in [0.3, 0.4) is 0 Å². The van der Waals surface area contributed by atoms with Gasteiger partial charge >= 0.3 is 71.3 Å². The van der Waals surface area contributed by atoms with E-state index in [4.69, 9.17) is 0 Å². The van der Waals surface area contributed by atoms with Crippen molar-refractivity contribution in [1.29, 1.82) is 0 Å². The van der Waals surface area contributed by atoms with Gasteiger partial charge in [-0.1, -0.05) is 0 Å². The van der Waals surface area contributed by atoms with Gasteiger partial charge in [0.1, 0.15) is 0 Å². The van der Waals surface area contributed by atoms with Crippen molar-refractivity contribution < 1.29 is 110 Å². The number of hydrogen-bond acceptors (Lipinski definition) is 0. The predicted octanol–water partition coefficient (Wildman–Crippen LogP) is 8.37. The zero-order valence-corrected chi connectivity index (χ0v) is 16.2. The second kappa shape index (κ2) is 8.38. The number of alkyl halides is 25. The zero-order chi connectivity index (χ0) is 32.0. The molecule has 0 saturated carbocycles. The van der Waals surface area contributed by atoms with E-state index in [1.54, 1.807) is 0 Å². The molecular weight excluding hydrogens is 631 g/mol. The lowest BCUT2D eigenvalue weighted by Gasteiger charge is -2.45. The van der Waals surface area contributed by atoms with Gasteiger partial charge in [0.25, 0.3) is 0 Å². The Morgan fingerprint density at radius 1 is 0.211 bits per heavy atom. The summed E-state index contributed by atoms with van der Waals surface area (Å²) in [5.41, 5.74) is 0. The number of hydrogen-bond donors (Lipinski definition) is 0. The molecular formula is C13H2F25. The molecule has 0 bridgehead atoms. The van der Waals surface area contributed by atoms with E-state index in [9.17, 15) is 110 Å². The molecule has 0 spiro atoms. The monoisotopic (exact) mass is 633 g/mol. The Labute approximate surface area is 189 Å². The van der Waals surface area contributed by atoms with Crippen LogP contribution in [-0.4, -0.2) is 71.3 Å². The molecule has 0 saturated heterocycles. The van der Waals surface area contributed by atoms with E-state index in [0.717, 1.165) is 0 Å². The lowest BCUT2D eigenvalue weighted by molar-refractivity contribution is -0.481. The fourth-order valence-corrected chi connectivity index (χ4v) is 1.99. The summed E-state index contributed by atoms with van der Waals surface area (Å²) in [5, 5.41) is 0. The third-order valence-corrected chi connectivity index (χ3v) is 4.36. The molecule has 0 heterocycles. The molecule has 0 aliphatic carbocycles. The first-order valence-corrected chi connectivity index (χ1v) is 7.83. The minimum absolute atomic E-state index is 0.714. The van der Waals surface area contributed by atoms with Crippen LogP contribution in [0.1, 0.15) is 0 Å². The van der Waals surface area contributed by atoms with E-state index in [1.807, 2.05) is 0 Å². The first-order chi connectivity index (χ1) is 15.8. The van der Waals surface area contributed by atoms with Gasteiger partial charge in [0.15, 0.2) is 0 Å². The van der Waals surface area contributed by atoms with Crippen molar-refractivity contribution >= 4 is 0 Å². The molecule has 0 N–H and O–H groups in total. The summed E-state index contributed by atoms with van der Waals surface area (Å²) in [6.45, 7) is 0.714. The first kappa shape index (κ1) is 36.2. The van der Waals surface area contributed by atoms with Crippen LogP contribution in [0.25, 0.3) is 0 Å². The number of halogens is 25. The Balaban J connectivity index is 7.29. The molecule has 0 nitrogen and oxygen atoms in total. The summed E-state index contributed by atoms with van der Waals surface area (Å²) in [7, 11) is 0. The molecule has 0 aliphatic rings. The van der Waals surface area contributed by atoms with Crippen LogP contribution in [0.5, 0.6) is 0 Å². The summed E-state index contributed by atoms with van der Waals surface area (Å²) in [6.07, 6.45) is -8.15. The Kier molecular flexibility index (Phi) is 7.99. The average molecular weight is 633 g/mol. The van der Waals surface area contributed by atoms with Gasteiger partial charge in [-0.25, -0.2) is 0 Å². The van der Waals surface area contributed by atoms with Crippen LogP contribution >= 0.6 is 0 Å². The third kappa shape index (κ3) is 4.00. The molecule has 0 aliphatic heterocycles. The van der Waals surface area contributed by atoms with E-state index < -0.39 is 71.3 Å². The highest BCUT2D eigenvalue weighted by atomic mass is 19.4. The lowest BCUT2D eigenvalue weighted by atomic mass is 9.84. The average Bonchev–Trinajstić information content (AvgIpc) is 2.64. The maximum atomic E-state index is 13.4. The summed E-state index contributed by atoms with van der Waals surface area (Å²) in [6, 6.07) is 0. The topological polar surface area (TPSA) is 0 Å². The molecule has 1 radical (unpaired) electrons. The molecule has 229 valence electrons. The van der Waals surface area contributed by atoms with E-state index in [2.05, 4.69) is 0 Å². The van der Waals surface area contributed by atoms with Gasteiger partial charge in [0.2, 0.25) is 0 Å². The van der Waals surface area contributed by atoms with Gasteiger partial charge in [-0.05, 0) is 0 Å². The predicted molar refractivity (Wildman–Crippen MR) is 65.8 cm³/mol. The van der Waals surface area contributed by atoms with Crippen LogP contribution in [0.2, 0.25) is 0 Å². The molecule has 0 atom stereocenters. The van der Waals surface area contributed by atoms with E-state index in [1.165, 1.54) is 0 Å². The zero-order valence-electron chi connectivity index (χ0n) is 16.2. The molecule has 0 amide bonds. The smallest absolute Gasteiger partial charge is 0.200 e. The molecule has 0 aromatic heterocycles. The summed E-state index contributed by atoms with van der Waals surface area (Å²) < 4.78 is 324. The van der Waals surface area contributed by atoms with Crippen molar-refractivity contribution in [2.24, 2.45) is 0 Å². The van der Waals surface area contributed by atoms with E-state index in [-0.39, 0.29) is 0 Å². The molecule has 0 fully saturated rings. The van der Waals surface area contributed by atoms with Crippen LogP contribution in [-0.2, 0) is 0 Å². The van der Waals surface area contributed by atoms with Crippen molar-refractivity contribution in [2.45, 2.75) is 71.3 Å². The lowest BCUT2D eigenvalue weighted by Crippen LogP contribution is -2.78. The Morgan fingerprint density at radius 2 is 0.342 bits per heavy atom. The van der Waals surface area contributed by atoms with Crippen LogP contribution < -0.4 is 0 Å². The Hall–Kier alpha value is -1.75. The van der Waals surface area contributed by atoms with E-state index in [0.29, 0.717) is 6.92 Å². The molecule has 38 heavy (non-hydrogen) atoms. The van der Waals surface area contributed by atoms with Crippen molar-refractivity contribution in [3.8, 4) is 0 Å². The quantitative estimate of drug-likeness (QED) is 0.212. The summed E-state index contributed by atoms with van der Waals surface area (Å²) in [5.74, 6) is -98.1. The minimum Gasteiger partial charge on any atom is -0.200 e. The molecule has 0 aromatic carbocycles. The Bertz CT molecular complexity index is 793. The van der Waals surface area contributed by atoms with Crippen molar-refractivity contribution in [1.82, 2.24) is 0 Å². The summed E-state index contributed by atoms with van der Waals surface area (Å²) in [4.78, 5) is 0. The van der Waals surface area contributed by atoms with Gasteiger partial charge in [0, 0.05) is 6.92 Å². The number of rotatable bonds is 10. The molecule has 0 aromatic rings. The largest absolute Gasteiger partial charge is 0.460 e. The fraction of sp³-hybridized carbons (Fsp3) is 0.923. The highest BCUT2D eigenvalue weighted by Crippen LogP contribution is 2.67. The van der Waals surface area contributed by atoms with Gasteiger partial charge in [-0.3, -0.25) is 0 Å². The van der Waals surface area contributed by atoms with Gasteiger partial charge < -0.3 is 0 Å². The summed E-state index contributed by atoms with van der Waals surface area (Å²) >= 11 is 0. The van der Waals surface area contributed by atoms with Crippen molar-refractivity contribution in [2.75, 3.05) is 0 Å². The van der Waals surface area contributed by atoms with Gasteiger partial charge in [-0.2, -0.15) is 110 Å². The normalized spacial score (nSPS) is 17.2.